The summed E-state index contributed by atoms with van der Waals surface area (Å²) < 4.78 is 4.73. The number of aliphatic hydroxyl groups excluding tert-OH is 1. The van der Waals surface area contributed by atoms with Gasteiger partial charge in [0.2, 0.25) is 0 Å². The molecule has 0 bridgehead atoms. The van der Waals surface area contributed by atoms with E-state index in [4.69, 9.17) is 9.84 Å². The van der Waals surface area contributed by atoms with Crippen molar-refractivity contribution in [2.45, 2.75) is 33.6 Å². The van der Waals surface area contributed by atoms with Gasteiger partial charge in [0.05, 0.1) is 13.2 Å². The zero-order chi connectivity index (χ0) is 8.24. The quantitative estimate of drug-likeness (QED) is 0.616. The molecule has 0 radical (unpaired) electrons. The second-order valence-electron chi connectivity index (χ2n) is 1.92. The molecule has 0 saturated heterocycles. The molecule has 0 spiro atoms. The topological polar surface area (TPSA) is 29.5 Å². The van der Waals surface area contributed by atoms with Gasteiger partial charge in [-0.25, -0.2) is 0 Å². The smallest absolute Gasteiger partial charge is 0.0697 e. The third-order valence-corrected chi connectivity index (χ3v) is 0.940. The van der Waals surface area contributed by atoms with Crippen LogP contribution in [0.3, 0.4) is 0 Å². The number of hydrogen-bond donors (Lipinski definition) is 1. The molecule has 0 unspecified atom stereocenters. The minimum atomic E-state index is 0.133. The van der Waals surface area contributed by atoms with E-state index >= 15 is 0 Å². The van der Waals surface area contributed by atoms with Crippen LogP contribution in [0.25, 0.3) is 0 Å². The fourth-order valence-electron chi connectivity index (χ4n) is 0.209. The zero-order valence-electron chi connectivity index (χ0n) is 7.39. The number of aliphatic hydroxyl groups is 1. The Morgan fingerprint density at radius 3 is 1.70 bits per heavy atom. The summed E-state index contributed by atoms with van der Waals surface area (Å²) in [5.74, 6) is 0. The molecule has 0 atom stereocenters. The van der Waals surface area contributed by atoms with Crippen LogP contribution in [0.5, 0.6) is 0 Å². The summed E-state index contributed by atoms with van der Waals surface area (Å²) in [5.41, 5.74) is 0. The van der Waals surface area contributed by atoms with E-state index in [2.05, 4.69) is 13.8 Å². The predicted molar refractivity (Wildman–Crippen MR) is 44.2 cm³/mol. The van der Waals surface area contributed by atoms with E-state index in [1.807, 2.05) is 6.92 Å². The van der Waals surface area contributed by atoms with Gasteiger partial charge in [0.1, 0.15) is 0 Å². The first-order chi connectivity index (χ1) is 4.83. The van der Waals surface area contributed by atoms with Crippen molar-refractivity contribution < 1.29 is 9.84 Å². The molecule has 64 valence electrons. The molecule has 0 saturated carbocycles. The highest BCUT2D eigenvalue weighted by Gasteiger charge is 1.73. The first-order valence-electron chi connectivity index (χ1n) is 4.01. The lowest BCUT2D eigenvalue weighted by Gasteiger charge is -1.91. The Morgan fingerprint density at radius 1 is 1.10 bits per heavy atom. The Kier molecular flexibility index (Phi) is 20.1. The van der Waals surface area contributed by atoms with Gasteiger partial charge in [-0.3, -0.25) is 0 Å². The molecule has 1 N–H and O–H groups in total. The van der Waals surface area contributed by atoms with Crippen molar-refractivity contribution in [3.63, 3.8) is 0 Å². The summed E-state index contributed by atoms with van der Waals surface area (Å²) in [6, 6.07) is 0. The van der Waals surface area contributed by atoms with E-state index in [-0.39, 0.29) is 6.61 Å². The summed E-state index contributed by atoms with van der Waals surface area (Å²) >= 11 is 0. The molecule has 0 aromatic carbocycles. The van der Waals surface area contributed by atoms with Crippen molar-refractivity contribution in [3.8, 4) is 0 Å². The molecule has 0 aromatic rings. The van der Waals surface area contributed by atoms with Gasteiger partial charge in [0, 0.05) is 6.61 Å². The lowest BCUT2D eigenvalue weighted by atomic mass is 10.4. The lowest BCUT2D eigenvalue weighted by Crippen LogP contribution is -1.96. The van der Waals surface area contributed by atoms with Gasteiger partial charge in [0.25, 0.3) is 0 Å². The maximum Gasteiger partial charge on any atom is 0.0697 e. The monoisotopic (exact) mass is 148 g/mol. The fourth-order valence-corrected chi connectivity index (χ4v) is 0.209. The second kappa shape index (κ2) is 16.0. The fraction of sp³-hybridized carbons (Fsp3) is 1.00. The third-order valence-electron chi connectivity index (χ3n) is 0.940. The molecule has 0 aromatic heterocycles. The molecule has 0 aliphatic carbocycles. The Bertz CT molecular complexity index is 32.2. The Hall–Kier alpha value is -0.0800. The normalized spacial score (nSPS) is 8.40. The van der Waals surface area contributed by atoms with Crippen LogP contribution in [0, 0.1) is 0 Å². The molecule has 2 heteroatoms. The molecule has 0 aliphatic heterocycles. The molecule has 0 fully saturated rings. The van der Waals surface area contributed by atoms with Gasteiger partial charge in [0.15, 0.2) is 0 Å². The van der Waals surface area contributed by atoms with E-state index in [1.54, 1.807) is 0 Å². The average Bonchev–Trinajstić information content (AvgIpc) is 2.01. The van der Waals surface area contributed by atoms with Crippen LogP contribution in [0.4, 0.5) is 0 Å². The third kappa shape index (κ3) is 24.7. The summed E-state index contributed by atoms with van der Waals surface area (Å²) in [7, 11) is 0. The minimum Gasteiger partial charge on any atom is -0.394 e. The molecule has 0 aliphatic rings. The van der Waals surface area contributed by atoms with E-state index < -0.39 is 0 Å². The van der Waals surface area contributed by atoms with Crippen molar-refractivity contribution in [1.82, 2.24) is 0 Å². The van der Waals surface area contributed by atoms with E-state index in [1.165, 1.54) is 12.8 Å². The highest BCUT2D eigenvalue weighted by atomic mass is 16.5. The largest absolute Gasteiger partial charge is 0.394 e. The molecule has 0 heterocycles. The van der Waals surface area contributed by atoms with Crippen molar-refractivity contribution in [2.75, 3.05) is 19.8 Å². The number of unbranched alkanes of at least 4 members (excludes halogenated alkanes) is 1. The van der Waals surface area contributed by atoms with Crippen LogP contribution in [0.15, 0.2) is 0 Å². The zero-order valence-corrected chi connectivity index (χ0v) is 7.39. The van der Waals surface area contributed by atoms with Crippen LogP contribution in [0.1, 0.15) is 33.6 Å². The summed E-state index contributed by atoms with van der Waals surface area (Å²) in [6.07, 6.45) is 2.64. The molecular formula is C8H20O2. The summed E-state index contributed by atoms with van der Waals surface area (Å²) in [5, 5.41) is 8.07. The maximum absolute atomic E-state index is 8.07. The Balaban J connectivity index is 0. The molecule has 10 heavy (non-hydrogen) atoms. The molecule has 0 amide bonds. The van der Waals surface area contributed by atoms with Crippen molar-refractivity contribution >= 4 is 0 Å². The molecule has 2 nitrogen and oxygen atoms in total. The predicted octanol–water partition coefficient (Wildman–Crippen LogP) is 1.82. The number of rotatable bonds is 4. The SMILES string of the molecule is CCCC.CCOCCO. The maximum atomic E-state index is 8.07. The molecule has 0 rings (SSSR count). The Morgan fingerprint density at radius 2 is 1.60 bits per heavy atom. The van der Waals surface area contributed by atoms with Crippen LogP contribution >= 0.6 is 0 Å². The number of ether oxygens (including phenoxy) is 1. The second-order valence-corrected chi connectivity index (χ2v) is 1.92. The van der Waals surface area contributed by atoms with Crippen LogP contribution in [-0.2, 0) is 4.74 Å². The number of hydrogen-bond acceptors (Lipinski definition) is 2. The first kappa shape index (κ1) is 12.6. The standard InChI is InChI=1S/C4H10O2.C4H10/c1-2-6-4-3-5;1-3-4-2/h5H,2-4H2,1H3;3-4H2,1-2H3. The van der Waals surface area contributed by atoms with Crippen LogP contribution < -0.4 is 0 Å². The lowest BCUT2D eigenvalue weighted by molar-refractivity contribution is 0.102. The van der Waals surface area contributed by atoms with Gasteiger partial charge in [-0.05, 0) is 6.92 Å². The van der Waals surface area contributed by atoms with E-state index in [0.29, 0.717) is 13.2 Å². The van der Waals surface area contributed by atoms with Gasteiger partial charge in [-0.15, -0.1) is 0 Å². The highest BCUT2D eigenvalue weighted by molar-refractivity contribution is 4.18. The van der Waals surface area contributed by atoms with Crippen molar-refractivity contribution in [1.29, 1.82) is 0 Å². The van der Waals surface area contributed by atoms with E-state index in [0.717, 1.165) is 0 Å². The summed E-state index contributed by atoms with van der Waals surface area (Å²) in [6.45, 7) is 7.56. The minimum absolute atomic E-state index is 0.133. The van der Waals surface area contributed by atoms with Gasteiger partial charge in [-0.2, -0.15) is 0 Å². The van der Waals surface area contributed by atoms with Crippen molar-refractivity contribution in [2.24, 2.45) is 0 Å². The van der Waals surface area contributed by atoms with Crippen molar-refractivity contribution in [3.05, 3.63) is 0 Å². The van der Waals surface area contributed by atoms with Crippen LogP contribution in [-0.4, -0.2) is 24.9 Å². The summed E-state index contributed by atoms with van der Waals surface area (Å²) in [4.78, 5) is 0. The molecular weight excluding hydrogens is 128 g/mol. The van der Waals surface area contributed by atoms with E-state index in [9.17, 15) is 0 Å². The average molecular weight is 148 g/mol. The highest BCUT2D eigenvalue weighted by Crippen LogP contribution is 1.76. The van der Waals surface area contributed by atoms with Gasteiger partial charge >= 0.3 is 0 Å². The van der Waals surface area contributed by atoms with Gasteiger partial charge < -0.3 is 9.84 Å². The first-order valence-corrected chi connectivity index (χ1v) is 4.01. The van der Waals surface area contributed by atoms with Gasteiger partial charge in [-0.1, -0.05) is 26.7 Å². The Labute approximate surface area is 64.2 Å². The van der Waals surface area contributed by atoms with Crippen LogP contribution in [0.2, 0.25) is 0 Å².